The molecule has 0 saturated heterocycles. The zero-order chi connectivity index (χ0) is 16.4. The first-order chi connectivity index (χ1) is 11.8. The number of pyridine rings is 2. The minimum absolute atomic E-state index is 0.867. The summed E-state index contributed by atoms with van der Waals surface area (Å²) in [5, 5.41) is 4.59. The van der Waals surface area contributed by atoms with Gasteiger partial charge in [0.2, 0.25) is 0 Å². The van der Waals surface area contributed by atoms with E-state index in [-0.39, 0.29) is 0 Å². The first kappa shape index (κ1) is 14.3. The Balaban J connectivity index is 1.83. The average Bonchev–Trinajstić information content (AvgIpc) is 3.05. The van der Waals surface area contributed by atoms with Gasteiger partial charge < -0.3 is 0 Å². The van der Waals surface area contributed by atoms with Crippen LogP contribution in [-0.4, -0.2) is 19.7 Å². The van der Waals surface area contributed by atoms with Crippen molar-refractivity contribution in [1.29, 1.82) is 0 Å². The van der Waals surface area contributed by atoms with E-state index in [1.807, 2.05) is 66.6 Å². The lowest BCUT2D eigenvalue weighted by molar-refractivity contribution is 0.770. The maximum Gasteiger partial charge on any atom is 0.118 e. The lowest BCUT2D eigenvalue weighted by Gasteiger charge is -2.05. The molecule has 4 heteroatoms. The largest absolute Gasteiger partial charge is 0.274 e. The molecule has 0 atom stereocenters. The molecule has 0 radical (unpaired) electrons. The number of hydrogen-bond donors (Lipinski definition) is 0. The molecule has 0 unspecified atom stereocenters. The van der Waals surface area contributed by atoms with E-state index in [0.717, 1.165) is 33.8 Å². The molecule has 116 valence electrons. The highest BCUT2D eigenvalue weighted by Crippen LogP contribution is 2.31. The molecule has 4 nitrogen and oxygen atoms in total. The van der Waals surface area contributed by atoms with Crippen LogP contribution in [0.1, 0.15) is 0 Å². The van der Waals surface area contributed by atoms with Crippen LogP contribution in [0, 0.1) is 0 Å². The lowest BCUT2D eigenvalue weighted by atomic mass is 10.0. The van der Waals surface area contributed by atoms with Crippen LogP contribution >= 0.6 is 0 Å². The fraction of sp³-hybridized carbons (Fsp3) is 0.0500. The first-order valence-electron chi connectivity index (χ1n) is 7.78. The van der Waals surface area contributed by atoms with E-state index >= 15 is 0 Å². The van der Waals surface area contributed by atoms with Crippen molar-refractivity contribution in [1.82, 2.24) is 19.7 Å². The summed E-state index contributed by atoms with van der Waals surface area (Å²) in [5.74, 6) is 0. The number of aryl methyl sites for hydroxylation is 1. The Labute approximate surface area is 140 Å². The number of nitrogens with zero attached hydrogens (tertiary/aromatic N) is 4. The van der Waals surface area contributed by atoms with Crippen LogP contribution in [0.25, 0.3) is 33.8 Å². The molecule has 0 saturated carbocycles. The molecule has 4 rings (SSSR count). The van der Waals surface area contributed by atoms with E-state index in [1.54, 1.807) is 6.20 Å². The quantitative estimate of drug-likeness (QED) is 0.569. The van der Waals surface area contributed by atoms with Crippen molar-refractivity contribution in [3.05, 3.63) is 79.3 Å². The predicted molar refractivity (Wildman–Crippen MR) is 95.1 cm³/mol. The van der Waals surface area contributed by atoms with Gasteiger partial charge >= 0.3 is 0 Å². The minimum Gasteiger partial charge on any atom is -0.274 e. The van der Waals surface area contributed by atoms with E-state index in [9.17, 15) is 0 Å². The SMILES string of the molecule is Cn1cc(-c2ccnc(-c3ccccc3)c2)c(-c2ccccn2)n1. The highest BCUT2D eigenvalue weighted by Gasteiger charge is 2.13. The average molecular weight is 312 g/mol. The van der Waals surface area contributed by atoms with Crippen molar-refractivity contribution >= 4 is 0 Å². The standard InChI is InChI=1S/C20H16N4/c1-24-14-17(20(23-24)18-9-5-6-11-21-18)16-10-12-22-19(13-16)15-7-3-2-4-8-15/h2-14H,1H3. The number of benzene rings is 1. The van der Waals surface area contributed by atoms with Crippen LogP contribution in [0.15, 0.2) is 79.3 Å². The Kier molecular flexibility index (Phi) is 3.63. The third-order valence-electron chi connectivity index (χ3n) is 3.88. The topological polar surface area (TPSA) is 43.6 Å². The summed E-state index contributed by atoms with van der Waals surface area (Å²) in [6, 6.07) is 20.1. The van der Waals surface area contributed by atoms with Crippen LogP contribution in [0.2, 0.25) is 0 Å². The summed E-state index contributed by atoms with van der Waals surface area (Å²) in [5.41, 5.74) is 5.93. The van der Waals surface area contributed by atoms with Crippen molar-refractivity contribution in [2.45, 2.75) is 0 Å². The van der Waals surface area contributed by atoms with Crippen LogP contribution in [0.5, 0.6) is 0 Å². The summed E-state index contributed by atoms with van der Waals surface area (Å²) in [4.78, 5) is 8.94. The van der Waals surface area contributed by atoms with E-state index in [1.165, 1.54) is 0 Å². The molecule has 0 aliphatic carbocycles. The van der Waals surface area contributed by atoms with Gasteiger partial charge in [-0.3, -0.25) is 14.6 Å². The van der Waals surface area contributed by atoms with E-state index in [2.05, 4.69) is 33.3 Å². The first-order valence-corrected chi connectivity index (χ1v) is 7.78. The van der Waals surface area contributed by atoms with Crippen molar-refractivity contribution in [3.63, 3.8) is 0 Å². The molecule has 24 heavy (non-hydrogen) atoms. The van der Waals surface area contributed by atoms with Crippen molar-refractivity contribution in [2.75, 3.05) is 0 Å². The Morgan fingerprint density at radius 3 is 2.33 bits per heavy atom. The zero-order valence-electron chi connectivity index (χ0n) is 13.3. The van der Waals surface area contributed by atoms with Gasteiger partial charge in [0, 0.05) is 36.8 Å². The summed E-state index contributed by atoms with van der Waals surface area (Å²) in [7, 11) is 1.93. The van der Waals surface area contributed by atoms with Crippen LogP contribution in [0.3, 0.4) is 0 Å². The molecule has 0 aliphatic rings. The monoisotopic (exact) mass is 312 g/mol. The van der Waals surface area contributed by atoms with E-state index in [0.29, 0.717) is 0 Å². The number of rotatable bonds is 3. The van der Waals surface area contributed by atoms with Gasteiger partial charge in [-0.05, 0) is 29.8 Å². The smallest absolute Gasteiger partial charge is 0.118 e. The number of aromatic nitrogens is 4. The van der Waals surface area contributed by atoms with Gasteiger partial charge in [0.15, 0.2) is 0 Å². The molecule has 0 aliphatic heterocycles. The van der Waals surface area contributed by atoms with E-state index < -0.39 is 0 Å². The second-order valence-corrected chi connectivity index (χ2v) is 5.58. The maximum atomic E-state index is 4.59. The highest BCUT2D eigenvalue weighted by molar-refractivity contribution is 5.80. The Morgan fingerprint density at radius 2 is 1.54 bits per heavy atom. The van der Waals surface area contributed by atoms with Crippen molar-refractivity contribution < 1.29 is 0 Å². The van der Waals surface area contributed by atoms with Gasteiger partial charge in [-0.2, -0.15) is 5.10 Å². The summed E-state index contributed by atoms with van der Waals surface area (Å²) < 4.78 is 1.82. The maximum absolute atomic E-state index is 4.59. The Hall–Kier alpha value is -3.27. The molecule has 3 heterocycles. The highest BCUT2D eigenvalue weighted by atomic mass is 15.3. The summed E-state index contributed by atoms with van der Waals surface area (Å²) in [6.45, 7) is 0. The molecular formula is C20H16N4. The van der Waals surface area contributed by atoms with Gasteiger partial charge in [0.25, 0.3) is 0 Å². The Morgan fingerprint density at radius 1 is 0.750 bits per heavy atom. The third kappa shape index (κ3) is 2.70. The normalized spacial score (nSPS) is 10.7. The molecule has 0 fully saturated rings. The van der Waals surface area contributed by atoms with Gasteiger partial charge in [-0.15, -0.1) is 0 Å². The fourth-order valence-corrected chi connectivity index (χ4v) is 2.76. The fourth-order valence-electron chi connectivity index (χ4n) is 2.76. The predicted octanol–water partition coefficient (Wildman–Crippen LogP) is 4.21. The van der Waals surface area contributed by atoms with E-state index in [4.69, 9.17) is 0 Å². The number of hydrogen-bond acceptors (Lipinski definition) is 3. The van der Waals surface area contributed by atoms with Gasteiger partial charge in [0.1, 0.15) is 5.69 Å². The van der Waals surface area contributed by atoms with Gasteiger partial charge in [-0.25, -0.2) is 0 Å². The zero-order valence-corrected chi connectivity index (χ0v) is 13.3. The van der Waals surface area contributed by atoms with Crippen molar-refractivity contribution in [3.8, 4) is 33.8 Å². The molecule has 0 amide bonds. The molecule has 1 aromatic carbocycles. The molecule has 0 spiro atoms. The Bertz CT molecular complexity index is 959. The summed E-state index contributed by atoms with van der Waals surface area (Å²) in [6.07, 6.45) is 5.65. The van der Waals surface area contributed by atoms with Crippen LogP contribution in [0.4, 0.5) is 0 Å². The second-order valence-electron chi connectivity index (χ2n) is 5.58. The minimum atomic E-state index is 0.867. The van der Waals surface area contributed by atoms with Crippen molar-refractivity contribution in [2.24, 2.45) is 7.05 Å². The molecule has 0 bridgehead atoms. The van der Waals surface area contributed by atoms with Crippen LogP contribution in [-0.2, 0) is 7.05 Å². The molecule has 4 aromatic rings. The molecular weight excluding hydrogens is 296 g/mol. The molecule has 3 aromatic heterocycles. The molecule has 0 N–H and O–H groups in total. The van der Waals surface area contributed by atoms with Gasteiger partial charge in [-0.1, -0.05) is 36.4 Å². The summed E-state index contributed by atoms with van der Waals surface area (Å²) >= 11 is 0. The van der Waals surface area contributed by atoms with Crippen LogP contribution < -0.4 is 0 Å². The van der Waals surface area contributed by atoms with Gasteiger partial charge in [0.05, 0.1) is 11.4 Å². The third-order valence-corrected chi connectivity index (χ3v) is 3.88. The second kappa shape index (κ2) is 6.08. The lowest BCUT2D eigenvalue weighted by Crippen LogP contribution is -1.89.